The van der Waals surface area contributed by atoms with Crippen molar-refractivity contribution in [2.24, 2.45) is 5.92 Å². The van der Waals surface area contributed by atoms with E-state index in [1.807, 2.05) is 24.3 Å². The van der Waals surface area contributed by atoms with Crippen LogP contribution in [0.1, 0.15) is 24.2 Å². The minimum atomic E-state index is -0.881. The summed E-state index contributed by atoms with van der Waals surface area (Å²) in [6.45, 7) is 3.12. The van der Waals surface area contributed by atoms with Gasteiger partial charge in [-0.05, 0) is 54.4 Å². The second kappa shape index (κ2) is 12.3. The van der Waals surface area contributed by atoms with E-state index >= 15 is 0 Å². The summed E-state index contributed by atoms with van der Waals surface area (Å²) >= 11 is 7.42. The van der Waals surface area contributed by atoms with E-state index in [9.17, 15) is 14.4 Å². The highest BCUT2D eigenvalue weighted by molar-refractivity contribution is 7.99. The number of benzene rings is 3. The zero-order valence-corrected chi connectivity index (χ0v) is 20.4. The van der Waals surface area contributed by atoms with Crippen LogP contribution >= 0.6 is 23.4 Å². The Balaban J connectivity index is 1.58. The monoisotopic (exact) mass is 496 g/mol. The second-order valence-corrected chi connectivity index (χ2v) is 9.32. The predicted molar refractivity (Wildman–Crippen MR) is 134 cm³/mol. The lowest BCUT2D eigenvalue weighted by molar-refractivity contribution is -0.150. The van der Waals surface area contributed by atoms with Gasteiger partial charge in [0.05, 0.1) is 5.69 Å². The van der Waals surface area contributed by atoms with Crippen molar-refractivity contribution in [3.63, 3.8) is 0 Å². The number of carbonyl (C=O) groups is 3. The number of para-hydroxylation sites is 1. The molecule has 2 amide bonds. The maximum absolute atomic E-state index is 12.6. The van der Waals surface area contributed by atoms with E-state index in [1.54, 1.807) is 68.4 Å². The number of carbonyl (C=O) groups excluding carboxylic acids is 3. The van der Waals surface area contributed by atoms with Crippen molar-refractivity contribution in [3.05, 3.63) is 89.4 Å². The van der Waals surface area contributed by atoms with Gasteiger partial charge in [0.1, 0.15) is 6.04 Å². The third-order valence-electron chi connectivity index (χ3n) is 4.79. The van der Waals surface area contributed by atoms with Crippen LogP contribution < -0.4 is 10.6 Å². The lowest BCUT2D eigenvalue weighted by atomic mass is 10.0. The summed E-state index contributed by atoms with van der Waals surface area (Å²) in [4.78, 5) is 39.4. The summed E-state index contributed by atoms with van der Waals surface area (Å²) in [5.74, 6) is -1.75. The van der Waals surface area contributed by atoms with Gasteiger partial charge in [-0.25, -0.2) is 4.79 Å². The fourth-order valence-electron chi connectivity index (χ4n) is 3.01. The Hall–Kier alpha value is -3.29. The first-order valence-electron chi connectivity index (χ1n) is 10.7. The minimum Gasteiger partial charge on any atom is -0.454 e. The van der Waals surface area contributed by atoms with E-state index in [2.05, 4.69) is 10.6 Å². The molecule has 3 aromatic rings. The van der Waals surface area contributed by atoms with Crippen molar-refractivity contribution >= 4 is 46.8 Å². The summed E-state index contributed by atoms with van der Waals surface area (Å²) < 4.78 is 5.22. The molecule has 0 radical (unpaired) electrons. The van der Waals surface area contributed by atoms with Gasteiger partial charge in [-0.2, -0.15) is 0 Å². The average molecular weight is 497 g/mol. The molecule has 3 aromatic carbocycles. The fourth-order valence-corrected chi connectivity index (χ4v) is 4.04. The van der Waals surface area contributed by atoms with Crippen molar-refractivity contribution in [2.75, 3.05) is 11.9 Å². The Morgan fingerprint density at radius 1 is 0.912 bits per heavy atom. The molecule has 0 spiro atoms. The average Bonchev–Trinajstić information content (AvgIpc) is 2.84. The summed E-state index contributed by atoms with van der Waals surface area (Å²) in [5, 5.41) is 6.12. The molecule has 0 fully saturated rings. The van der Waals surface area contributed by atoms with Gasteiger partial charge in [-0.1, -0.05) is 67.5 Å². The standard InChI is InChI=1S/C26H25ClN2O4S/c1-17(2)24(29-25(31)18-8-4-3-5-9-18)26(32)33-16-23(30)28-21-10-6-7-11-22(21)34-20-14-12-19(27)13-15-20/h3-15,17,24H,16H2,1-2H3,(H,28,30)(H,29,31)/t24-/m0/s1. The van der Waals surface area contributed by atoms with Crippen LogP contribution in [0.15, 0.2) is 88.7 Å². The van der Waals surface area contributed by atoms with Gasteiger partial charge >= 0.3 is 5.97 Å². The number of esters is 1. The zero-order chi connectivity index (χ0) is 24.5. The molecular weight excluding hydrogens is 472 g/mol. The number of hydrogen-bond donors (Lipinski definition) is 2. The smallest absolute Gasteiger partial charge is 0.329 e. The largest absolute Gasteiger partial charge is 0.454 e. The highest BCUT2D eigenvalue weighted by Gasteiger charge is 2.26. The number of rotatable bonds is 9. The summed E-state index contributed by atoms with van der Waals surface area (Å²) in [6.07, 6.45) is 0. The van der Waals surface area contributed by atoms with Gasteiger partial charge in [-0.3, -0.25) is 9.59 Å². The van der Waals surface area contributed by atoms with Crippen LogP contribution in [0.25, 0.3) is 0 Å². The molecule has 176 valence electrons. The Labute approximate surface area is 208 Å². The molecular formula is C26H25ClN2O4S. The van der Waals surface area contributed by atoms with Gasteiger partial charge in [0, 0.05) is 20.4 Å². The zero-order valence-electron chi connectivity index (χ0n) is 18.8. The van der Waals surface area contributed by atoms with Crippen LogP contribution in [0.4, 0.5) is 5.69 Å². The van der Waals surface area contributed by atoms with Gasteiger partial charge in [-0.15, -0.1) is 0 Å². The molecule has 6 nitrogen and oxygen atoms in total. The maximum atomic E-state index is 12.6. The fraction of sp³-hybridized carbons (Fsp3) is 0.192. The Kier molecular flexibility index (Phi) is 9.13. The van der Waals surface area contributed by atoms with Crippen molar-refractivity contribution < 1.29 is 19.1 Å². The second-order valence-electron chi connectivity index (χ2n) is 7.77. The molecule has 8 heteroatoms. The Morgan fingerprint density at radius 3 is 2.24 bits per heavy atom. The topological polar surface area (TPSA) is 84.5 Å². The molecule has 0 aliphatic carbocycles. The van der Waals surface area contributed by atoms with Gasteiger partial charge < -0.3 is 15.4 Å². The molecule has 0 saturated heterocycles. The van der Waals surface area contributed by atoms with Crippen LogP contribution in [-0.2, 0) is 14.3 Å². The van der Waals surface area contributed by atoms with Gasteiger partial charge in [0.15, 0.2) is 6.61 Å². The summed E-state index contributed by atoms with van der Waals surface area (Å²) in [7, 11) is 0. The normalized spacial score (nSPS) is 11.5. The number of amides is 2. The first-order valence-corrected chi connectivity index (χ1v) is 11.9. The van der Waals surface area contributed by atoms with Crippen LogP contribution in [0, 0.1) is 5.92 Å². The summed E-state index contributed by atoms with van der Waals surface area (Å²) in [5.41, 5.74) is 1.04. The van der Waals surface area contributed by atoms with Crippen LogP contribution in [-0.4, -0.2) is 30.4 Å². The van der Waals surface area contributed by atoms with Crippen molar-refractivity contribution in [3.8, 4) is 0 Å². The third-order valence-corrected chi connectivity index (χ3v) is 6.13. The van der Waals surface area contributed by atoms with Gasteiger partial charge in [0.25, 0.3) is 11.8 Å². The van der Waals surface area contributed by atoms with E-state index in [0.29, 0.717) is 16.3 Å². The number of anilines is 1. The van der Waals surface area contributed by atoms with E-state index < -0.39 is 24.5 Å². The predicted octanol–water partition coefficient (Wildman–Crippen LogP) is 5.43. The first-order chi connectivity index (χ1) is 16.3. The molecule has 0 heterocycles. The molecule has 0 aliphatic rings. The number of ether oxygens (including phenoxy) is 1. The number of halogens is 1. The Morgan fingerprint density at radius 2 is 1.56 bits per heavy atom. The molecule has 0 unspecified atom stereocenters. The summed E-state index contributed by atoms with van der Waals surface area (Å²) in [6, 6.07) is 22.4. The van der Waals surface area contributed by atoms with E-state index in [4.69, 9.17) is 16.3 Å². The molecule has 1 atom stereocenters. The molecule has 34 heavy (non-hydrogen) atoms. The molecule has 0 bridgehead atoms. The first kappa shape index (κ1) is 25.3. The highest BCUT2D eigenvalue weighted by atomic mass is 35.5. The van der Waals surface area contributed by atoms with Crippen molar-refractivity contribution in [1.82, 2.24) is 5.32 Å². The molecule has 0 aliphatic heterocycles. The molecule has 3 rings (SSSR count). The SMILES string of the molecule is CC(C)[C@H](NC(=O)c1ccccc1)C(=O)OCC(=O)Nc1ccccc1Sc1ccc(Cl)cc1. The van der Waals surface area contributed by atoms with Crippen LogP contribution in [0.3, 0.4) is 0 Å². The van der Waals surface area contributed by atoms with Crippen molar-refractivity contribution in [1.29, 1.82) is 0 Å². The van der Waals surface area contributed by atoms with E-state index in [1.165, 1.54) is 11.8 Å². The molecule has 0 saturated carbocycles. The van der Waals surface area contributed by atoms with Crippen molar-refractivity contribution in [2.45, 2.75) is 29.7 Å². The third kappa shape index (κ3) is 7.37. The lowest BCUT2D eigenvalue weighted by Crippen LogP contribution is -2.45. The number of nitrogens with one attached hydrogen (secondary N) is 2. The molecule has 0 aromatic heterocycles. The lowest BCUT2D eigenvalue weighted by Gasteiger charge is -2.21. The molecule has 2 N–H and O–H groups in total. The van der Waals surface area contributed by atoms with Gasteiger partial charge in [0.2, 0.25) is 0 Å². The quantitative estimate of drug-likeness (QED) is 0.386. The van der Waals surface area contributed by atoms with Crippen LogP contribution in [0.5, 0.6) is 0 Å². The highest BCUT2D eigenvalue weighted by Crippen LogP contribution is 2.33. The minimum absolute atomic E-state index is 0.222. The van der Waals surface area contributed by atoms with E-state index in [-0.39, 0.29) is 11.8 Å². The number of hydrogen-bond acceptors (Lipinski definition) is 5. The Bertz CT molecular complexity index is 1140. The van der Waals surface area contributed by atoms with Crippen LogP contribution in [0.2, 0.25) is 5.02 Å². The van der Waals surface area contributed by atoms with E-state index in [0.717, 1.165) is 9.79 Å². The maximum Gasteiger partial charge on any atom is 0.329 e.